The molecule has 0 spiro atoms. The van der Waals surface area contributed by atoms with Gasteiger partial charge in [0.15, 0.2) is 5.75 Å². The van der Waals surface area contributed by atoms with Crippen LogP contribution >= 0.6 is 11.8 Å². The number of amides is 1. The number of methoxy groups -OCH3 is 1. The van der Waals surface area contributed by atoms with Crippen LogP contribution in [0, 0.1) is 0 Å². The van der Waals surface area contributed by atoms with Crippen LogP contribution in [0.5, 0.6) is 17.2 Å². The van der Waals surface area contributed by atoms with Gasteiger partial charge in [-0.05, 0) is 55.5 Å². The highest BCUT2D eigenvalue weighted by Crippen LogP contribution is 2.31. The predicted molar refractivity (Wildman–Crippen MR) is 110 cm³/mol. The molecule has 3 rings (SSSR count). The van der Waals surface area contributed by atoms with Crippen LogP contribution in [0.15, 0.2) is 83.8 Å². The molecule has 4 nitrogen and oxygen atoms in total. The summed E-state index contributed by atoms with van der Waals surface area (Å²) in [4.78, 5) is 13.6. The Bertz CT molecular complexity index is 882. The smallest absolute Gasteiger partial charge is 0.237 e. The van der Waals surface area contributed by atoms with E-state index < -0.39 is 0 Å². The lowest BCUT2D eigenvalue weighted by Gasteiger charge is -2.15. The molecule has 0 saturated carbocycles. The quantitative estimate of drug-likeness (QED) is 0.542. The van der Waals surface area contributed by atoms with E-state index >= 15 is 0 Å². The third-order valence-electron chi connectivity index (χ3n) is 3.86. The normalized spacial score (nSPS) is 11.5. The van der Waals surface area contributed by atoms with Crippen LogP contribution in [0.4, 0.5) is 5.69 Å². The minimum Gasteiger partial charge on any atom is -0.497 e. The van der Waals surface area contributed by atoms with Gasteiger partial charge in [0.2, 0.25) is 5.91 Å². The third kappa shape index (κ3) is 5.28. The molecule has 0 radical (unpaired) electrons. The molecule has 0 fully saturated rings. The first-order valence-corrected chi connectivity index (χ1v) is 9.47. The molecule has 5 heteroatoms. The van der Waals surface area contributed by atoms with Crippen LogP contribution in [-0.2, 0) is 4.79 Å². The highest BCUT2D eigenvalue weighted by atomic mass is 32.2. The molecule has 1 atom stereocenters. The van der Waals surface area contributed by atoms with E-state index in [2.05, 4.69) is 5.32 Å². The van der Waals surface area contributed by atoms with E-state index in [1.807, 2.05) is 85.8 Å². The van der Waals surface area contributed by atoms with Crippen molar-refractivity contribution in [3.63, 3.8) is 0 Å². The Morgan fingerprint density at radius 1 is 0.889 bits per heavy atom. The van der Waals surface area contributed by atoms with Gasteiger partial charge in [0.25, 0.3) is 0 Å². The van der Waals surface area contributed by atoms with Crippen molar-refractivity contribution in [3.05, 3.63) is 78.9 Å². The second kappa shape index (κ2) is 9.14. The van der Waals surface area contributed by atoms with E-state index in [1.54, 1.807) is 7.11 Å². The Morgan fingerprint density at radius 3 is 2.26 bits per heavy atom. The lowest BCUT2D eigenvalue weighted by Crippen LogP contribution is -2.22. The third-order valence-corrected chi connectivity index (χ3v) is 4.97. The van der Waals surface area contributed by atoms with E-state index in [-0.39, 0.29) is 11.2 Å². The summed E-state index contributed by atoms with van der Waals surface area (Å²) in [5.41, 5.74) is 0.647. The molecule has 0 heterocycles. The minimum absolute atomic E-state index is 0.0834. The summed E-state index contributed by atoms with van der Waals surface area (Å²) in [6, 6.07) is 24.6. The standard InChI is InChI=1S/C22H21NO3S/c1-16(27-19-14-12-17(25-2)13-15-19)22(24)23-20-10-6-7-11-21(20)26-18-8-4-3-5-9-18/h3-16H,1-2H3,(H,23,24)/t16-/m0/s1. The van der Waals surface area contributed by atoms with Gasteiger partial charge in [0.1, 0.15) is 11.5 Å². The Kier molecular flexibility index (Phi) is 6.39. The van der Waals surface area contributed by atoms with Crippen molar-refractivity contribution in [2.24, 2.45) is 0 Å². The number of carbonyl (C=O) groups excluding carboxylic acids is 1. The molecule has 138 valence electrons. The number of para-hydroxylation sites is 3. The van der Waals surface area contributed by atoms with Crippen molar-refractivity contribution >= 4 is 23.4 Å². The zero-order valence-corrected chi connectivity index (χ0v) is 16.0. The zero-order valence-electron chi connectivity index (χ0n) is 15.2. The molecule has 0 aliphatic rings. The summed E-state index contributed by atoms with van der Waals surface area (Å²) in [7, 11) is 1.63. The molecular weight excluding hydrogens is 358 g/mol. The topological polar surface area (TPSA) is 47.6 Å². The number of rotatable bonds is 7. The van der Waals surface area contributed by atoms with Crippen LogP contribution in [0.3, 0.4) is 0 Å². The highest BCUT2D eigenvalue weighted by molar-refractivity contribution is 8.00. The van der Waals surface area contributed by atoms with Crippen molar-refractivity contribution in [3.8, 4) is 17.2 Å². The van der Waals surface area contributed by atoms with Gasteiger partial charge in [0, 0.05) is 4.90 Å². The number of ether oxygens (including phenoxy) is 2. The summed E-state index contributed by atoms with van der Waals surface area (Å²) in [5, 5.41) is 2.70. The average Bonchev–Trinajstić information content (AvgIpc) is 2.71. The lowest BCUT2D eigenvalue weighted by atomic mass is 10.2. The molecule has 1 amide bonds. The molecule has 0 saturated heterocycles. The maximum Gasteiger partial charge on any atom is 0.237 e. The number of anilines is 1. The van der Waals surface area contributed by atoms with Gasteiger partial charge in [-0.2, -0.15) is 0 Å². The molecule has 3 aromatic rings. The second-order valence-electron chi connectivity index (χ2n) is 5.84. The maximum atomic E-state index is 12.6. The lowest BCUT2D eigenvalue weighted by molar-refractivity contribution is -0.115. The highest BCUT2D eigenvalue weighted by Gasteiger charge is 2.16. The van der Waals surface area contributed by atoms with Crippen molar-refractivity contribution in [1.82, 2.24) is 0 Å². The maximum absolute atomic E-state index is 12.6. The average molecular weight is 379 g/mol. The Hall–Kier alpha value is -2.92. The summed E-state index contributed by atoms with van der Waals surface area (Å²) >= 11 is 1.49. The minimum atomic E-state index is -0.261. The van der Waals surface area contributed by atoms with E-state index in [0.29, 0.717) is 11.4 Å². The van der Waals surface area contributed by atoms with Crippen molar-refractivity contribution in [2.75, 3.05) is 12.4 Å². The largest absolute Gasteiger partial charge is 0.497 e. The van der Waals surface area contributed by atoms with E-state index in [1.165, 1.54) is 11.8 Å². The first kappa shape index (κ1) is 18.9. The molecule has 27 heavy (non-hydrogen) atoms. The fourth-order valence-electron chi connectivity index (χ4n) is 2.42. The van der Waals surface area contributed by atoms with Gasteiger partial charge in [-0.15, -0.1) is 11.8 Å². The van der Waals surface area contributed by atoms with Crippen molar-refractivity contribution < 1.29 is 14.3 Å². The van der Waals surface area contributed by atoms with E-state index in [9.17, 15) is 4.79 Å². The number of thioether (sulfide) groups is 1. The number of hydrogen-bond acceptors (Lipinski definition) is 4. The summed E-state index contributed by atoms with van der Waals surface area (Å²) < 4.78 is 11.1. The number of hydrogen-bond donors (Lipinski definition) is 1. The summed E-state index contributed by atoms with van der Waals surface area (Å²) in [6.07, 6.45) is 0. The van der Waals surface area contributed by atoms with Gasteiger partial charge in [0.05, 0.1) is 18.0 Å². The SMILES string of the molecule is COc1ccc(S[C@@H](C)C(=O)Nc2ccccc2Oc2ccccc2)cc1. The van der Waals surface area contributed by atoms with Crippen molar-refractivity contribution in [2.45, 2.75) is 17.1 Å². The Morgan fingerprint density at radius 2 is 1.56 bits per heavy atom. The van der Waals surface area contributed by atoms with Gasteiger partial charge in [-0.3, -0.25) is 4.79 Å². The zero-order chi connectivity index (χ0) is 19.1. The second-order valence-corrected chi connectivity index (χ2v) is 7.25. The van der Waals surface area contributed by atoms with Gasteiger partial charge >= 0.3 is 0 Å². The monoisotopic (exact) mass is 379 g/mol. The number of carbonyl (C=O) groups is 1. The van der Waals surface area contributed by atoms with Crippen molar-refractivity contribution in [1.29, 1.82) is 0 Å². The van der Waals surface area contributed by atoms with Gasteiger partial charge < -0.3 is 14.8 Å². The fourth-order valence-corrected chi connectivity index (χ4v) is 3.29. The predicted octanol–water partition coefficient (Wildman–Crippen LogP) is 5.61. The van der Waals surface area contributed by atoms with E-state index in [0.717, 1.165) is 16.4 Å². The molecule has 3 aromatic carbocycles. The molecule has 0 bridgehead atoms. The van der Waals surface area contributed by atoms with Crippen LogP contribution in [0.1, 0.15) is 6.92 Å². The first-order valence-electron chi connectivity index (χ1n) is 8.59. The van der Waals surface area contributed by atoms with Crippen LogP contribution in [0.25, 0.3) is 0 Å². The summed E-state index contributed by atoms with van der Waals surface area (Å²) in [6.45, 7) is 1.88. The molecule has 0 aliphatic heterocycles. The molecule has 0 aliphatic carbocycles. The summed E-state index contributed by atoms with van der Waals surface area (Å²) in [5.74, 6) is 2.04. The first-order chi connectivity index (χ1) is 13.2. The van der Waals surface area contributed by atoms with Gasteiger partial charge in [-0.25, -0.2) is 0 Å². The molecule has 1 N–H and O–H groups in total. The van der Waals surface area contributed by atoms with Crippen LogP contribution < -0.4 is 14.8 Å². The number of benzene rings is 3. The number of nitrogens with one attached hydrogen (secondary N) is 1. The Labute approximate surface area is 163 Å². The van der Waals surface area contributed by atoms with E-state index in [4.69, 9.17) is 9.47 Å². The molecular formula is C22H21NO3S. The Balaban J connectivity index is 1.66. The van der Waals surface area contributed by atoms with Crippen LogP contribution in [-0.4, -0.2) is 18.3 Å². The fraction of sp³-hybridized carbons (Fsp3) is 0.136. The molecule has 0 aromatic heterocycles. The molecule has 0 unspecified atom stereocenters. The van der Waals surface area contributed by atoms with Crippen LogP contribution in [0.2, 0.25) is 0 Å². The van der Waals surface area contributed by atoms with Gasteiger partial charge in [-0.1, -0.05) is 30.3 Å².